The molecule has 0 radical (unpaired) electrons. The van der Waals surface area contributed by atoms with Crippen LogP contribution in [0.1, 0.15) is 0 Å². The van der Waals surface area contributed by atoms with Crippen molar-refractivity contribution in [3.63, 3.8) is 0 Å². The number of benzene rings is 1. The average Bonchev–Trinajstić information content (AvgIpc) is 3.08. The number of halogens is 1. The second-order valence-corrected chi connectivity index (χ2v) is 5.54. The van der Waals surface area contributed by atoms with E-state index >= 15 is 0 Å². The molecule has 98 valence electrons. The van der Waals surface area contributed by atoms with Gasteiger partial charge in [-0.2, -0.15) is 0 Å². The fraction of sp³-hybridized carbons (Fsp3) is 0. The van der Waals surface area contributed by atoms with Gasteiger partial charge in [-0.3, -0.25) is 0 Å². The molecule has 0 aliphatic carbocycles. The highest BCUT2D eigenvalue weighted by Gasteiger charge is 2.14. The molecule has 0 atom stereocenters. The van der Waals surface area contributed by atoms with Crippen LogP contribution in [-0.4, -0.2) is 14.6 Å². The van der Waals surface area contributed by atoms with Crippen molar-refractivity contribution in [3.8, 4) is 10.7 Å². The smallest absolute Gasteiger partial charge is 0.408 e. The van der Waals surface area contributed by atoms with Crippen molar-refractivity contribution in [2.24, 2.45) is 0 Å². The number of hydrogen-bond donors (Lipinski definition) is 0. The summed E-state index contributed by atoms with van der Waals surface area (Å²) in [6, 6.07) is 8.83. The topological polar surface area (TPSA) is 60.4 Å². The predicted octanol–water partition coefficient (Wildman–Crippen LogP) is 3.22. The van der Waals surface area contributed by atoms with Crippen LogP contribution in [0.5, 0.6) is 0 Å². The minimum Gasteiger partial charge on any atom is -0.408 e. The molecule has 0 aliphatic heterocycles. The second kappa shape index (κ2) is 4.16. The van der Waals surface area contributed by atoms with Crippen LogP contribution in [0.15, 0.2) is 44.9 Å². The van der Waals surface area contributed by atoms with Gasteiger partial charge in [0.1, 0.15) is 5.58 Å². The Morgan fingerprint density at radius 3 is 3.00 bits per heavy atom. The van der Waals surface area contributed by atoms with Gasteiger partial charge in [-0.1, -0.05) is 17.7 Å². The lowest BCUT2D eigenvalue weighted by molar-refractivity contribution is 0.507. The lowest BCUT2D eigenvalue weighted by atomic mass is 10.2. The molecule has 0 amide bonds. The largest absolute Gasteiger partial charge is 0.442 e. The number of hydrogen-bond acceptors (Lipinski definition) is 5. The number of rotatable bonds is 1. The Morgan fingerprint density at radius 2 is 2.20 bits per heavy atom. The lowest BCUT2D eigenvalue weighted by Crippen LogP contribution is -2.12. The van der Waals surface area contributed by atoms with Crippen LogP contribution < -0.4 is 5.76 Å². The van der Waals surface area contributed by atoms with E-state index in [1.807, 2.05) is 17.5 Å². The molecule has 20 heavy (non-hydrogen) atoms. The maximum absolute atomic E-state index is 11.9. The maximum atomic E-state index is 11.9. The molecule has 4 aromatic rings. The number of aromatic nitrogens is 3. The first-order valence-electron chi connectivity index (χ1n) is 5.75. The summed E-state index contributed by atoms with van der Waals surface area (Å²) < 4.78 is 6.37. The standard InChI is InChI=1S/C13H6ClN3O2S/c14-7-3-4-9-8(6-7)12-15-11(10-2-1-5-20-10)16-17(12)13(18)19-9/h1-6H. The second-order valence-electron chi connectivity index (χ2n) is 4.16. The molecule has 0 spiro atoms. The summed E-state index contributed by atoms with van der Waals surface area (Å²) in [7, 11) is 0. The van der Waals surface area contributed by atoms with E-state index in [9.17, 15) is 4.79 Å². The first-order chi connectivity index (χ1) is 9.72. The van der Waals surface area contributed by atoms with Gasteiger partial charge >= 0.3 is 5.76 Å². The van der Waals surface area contributed by atoms with Crippen molar-refractivity contribution < 1.29 is 4.42 Å². The normalized spacial score (nSPS) is 11.4. The maximum Gasteiger partial charge on any atom is 0.442 e. The molecule has 1 aromatic carbocycles. The molecule has 3 aromatic heterocycles. The summed E-state index contributed by atoms with van der Waals surface area (Å²) >= 11 is 7.50. The Morgan fingerprint density at radius 1 is 1.30 bits per heavy atom. The summed E-state index contributed by atoms with van der Waals surface area (Å²) in [5, 5.41) is 7.34. The minimum atomic E-state index is -0.565. The van der Waals surface area contributed by atoms with Gasteiger partial charge in [-0.15, -0.1) is 21.0 Å². The molecule has 0 N–H and O–H groups in total. The SMILES string of the molecule is O=c1oc2ccc(Cl)cc2c2nc(-c3cccs3)nn12. The fourth-order valence-electron chi connectivity index (χ4n) is 2.03. The van der Waals surface area contributed by atoms with Gasteiger partial charge in [-0.05, 0) is 29.6 Å². The summed E-state index contributed by atoms with van der Waals surface area (Å²) in [5.74, 6) is -0.0649. The summed E-state index contributed by atoms with van der Waals surface area (Å²) in [6.45, 7) is 0. The first-order valence-corrected chi connectivity index (χ1v) is 7.01. The van der Waals surface area contributed by atoms with Crippen LogP contribution in [-0.2, 0) is 0 Å². The van der Waals surface area contributed by atoms with Crippen molar-refractivity contribution in [2.75, 3.05) is 0 Å². The fourth-order valence-corrected chi connectivity index (χ4v) is 2.85. The van der Waals surface area contributed by atoms with Gasteiger partial charge in [0, 0.05) is 5.02 Å². The average molecular weight is 304 g/mol. The highest BCUT2D eigenvalue weighted by atomic mass is 35.5. The van der Waals surface area contributed by atoms with Gasteiger partial charge in [-0.25, -0.2) is 9.78 Å². The van der Waals surface area contributed by atoms with E-state index in [0.717, 1.165) is 9.39 Å². The van der Waals surface area contributed by atoms with Crippen molar-refractivity contribution in [1.82, 2.24) is 14.6 Å². The molecular formula is C13H6ClN3O2S. The summed E-state index contributed by atoms with van der Waals surface area (Å²) in [6.07, 6.45) is 0. The Hall–Kier alpha value is -2.18. The van der Waals surface area contributed by atoms with E-state index in [0.29, 0.717) is 27.5 Å². The van der Waals surface area contributed by atoms with E-state index in [-0.39, 0.29) is 0 Å². The van der Waals surface area contributed by atoms with Crippen LogP contribution in [0.25, 0.3) is 27.3 Å². The van der Waals surface area contributed by atoms with Crippen molar-refractivity contribution >= 4 is 39.6 Å². The van der Waals surface area contributed by atoms with E-state index < -0.39 is 5.76 Å². The molecule has 0 unspecified atom stereocenters. The zero-order chi connectivity index (χ0) is 13.7. The number of fused-ring (bicyclic) bond motifs is 3. The van der Waals surface area contributed by atoms with Crippen LogP contribution in [0.2, 0.25) is 5.02 Å². The highest BCUT2D eigenvalue weighted by Crippen LogP contribution is 2.25. The van der Waals surface area contributed by atoms with E-state index in [1.54, 1.807) is 18.2 Å². The molecule has 4 rings (SSSR count). The van der Waals surface area contributed by atoms with Crippen LogP contribution in [0.4, 0.5) is 0 Å². The van der Waals surface area contributed by atoms with E-state index in [2.05, 4.69) is 10.1 Å². The third-order valence-electron chi connectivity index (χ3n) is 2.90. The highest BCUT2D eigenvalue weighted by molar-refractivity contribution is 7.13. The number of nitrogens with zero attached hydrogens (tertiary/aromatic N) is 3. The summed E-state index contributed by atoms with van der Waals surface area (Å²) in [4.78, 5) is 17.2. The minimum absolute atomic E-state index is 0.442. The van der Waals surface area contributed by atoms with Gasteiger partial charge < -0.3 is 4.42 Å². The van der Waals surface area contributed by atoms with Crippen LogP contribution >= 0.6 is 22.9 Å². The van der Waals surface area contributed by atoms with Crippen molar-refractivity contribution in [1.29, 1.82) is 0 Å². The van der Waals surface area contributed by atoms with Crippen LogP contribution in [0, 0.1) is 0 Å². The van der Waals surface area contributed by atoms with Crippen molar-refractivity contribution in [2.45, 2.75) is 0 Å². The molecule has 0 saturated heterocycles. The Bertz CT molecular complexity index is 988. The van der Waals surface area contributed by atoms with Gasteiger partial charge in [0.25, 0.3) is 0 Å². The molecular weight excluding hydrogens is 298 g/mol. The zero-order valence-corrected chi connectivity index (χ0v) is 11.5. The third kappa shape index (κ3) is 1.65. The van der Waals surface area contributed by atoms with Gasteiger partial charge in [0.05, 0.1) is 10.3 Å². The third-order valence-corrected chi connectivity index (χ3v) is 4.00. The van der Waals surface area contributed by atoms with Crippen LogP contribution in [0.3, 0.4) is 0 Å². The Labute approximate surface area is 121 Å². The molecule has 0 fully saturated rings. The zero-order valence-electron chi connectivity index (χ0n) is 9.91. The van der Waals surface area contributed by atoms with Crippen molar-refractivity contribution in [3.05, 3.63) is 51.3 Å². The Balaban J connectivity index is 2.15. The lowest BCUT2D eigenvalue weighted by Gasteiger charge is -1.97. The van der Waals surface area contributed by atoms with Gasteiger partial charge in [0.2, 0.25) is 0 Å². The van der Waals surface area contributed by atoms with E-state index in [4.69, 9.17) is 16.0 Å². The first kappa shape index (κ1) is 11.6. The van der Waals surface area contributed by atoms with Gasteiger partial charge in [0.15, 0.2) is 11.5 Å². The molecule has 3 heterocycles. The molecule has 7 heteroatoms. The molecule has 5 nitrogen and oxygen atoms in total. The monoisotopic (exact) mass is 303 g/mol. The Kier molecular flexibility index (Phi) is 2.42. The molecule has 0 saturated carbocycles. The molecule has 0 aliphatic rings. The predicted molar refractivity (Wildman–Crippen MR) is 77.4 cm³/mol. The summed E-state index contributed by atoms with van der Waals surface area (Å²) in [5.41, 5.74) is 0.888. The number of thiophene rings is 1. The quantitative estimate of drug-likeness (QED) is 0.542. The van der Waals surface area contributed by atoms with E-state index in [1.165, 1.54) is 11.3 Å². The molecule has 0 bridgehead atoms.